The number of rotatable bonds is 6. The van der Waals surface area contributed by atoms with Crippen LogP contribution in [0.2, 0.25) is 0 Å². The summed E-state index contributed by atoms with van der Waals surface area (Å²) in [5.41, 5.74) is 12.9. The molecule has 5 heteroatoms. The Morgan fingerprint density at radius 1 is 1.53 bits per heavy atom. The molecule has 5 N–H and O–H groups in total. The molecule has 0 radical (unpaired) electrons. The fraction of sp³-hybridized carbons (Fsp3) is 0.417. The molecule has 1 atom stereocenters. The molecule has 4 nitrogen and oxygen atoms in total. The summed E-state index contributed by atoms with van der Waals surface area (Å²) in [6.45, 7) is 2.11. The molecule has 17 heavy (non-hydrogen) atoms. The summed E-state index contributed by atoms with van der Waals surface area (Å²) in [5.74, 6) is 0.645. The number of benzene rings is 1. The fourth-order valence-corrected chi connectivity index (χ4v) is 2.07. The molecule has 0 bridgehead atoms. The lowest BCUT2D eigenvalue weighted by Crippen LogP contribution is -2.17. The van der Waals surface area contributed by atoms with Crippen LogP contribution in [0.4, 0.5) is 11.4 Å². The lowest BCUT2D eigenvalue weighted by atomic mass is 10.1. The van der Waals surface area contributed by atoms with Crippen molar-refractivity contribution in [3.05, 3.63) is 23.8 Å². The fourth-order valence-electron chi connectivity index (χ4n) is 1.48. The number of hydrogen-bond acceptors (Lipinski definition) is 4. The smallest absolute Gasteiger partial charge is 0.248 e. The second kappa shape index (κ2) is 6.39. The molecule has 0 spiro atoms. The Morgan fingerprint density at radius 2 is 2.24 bits per heavy atom. The highest BCUT2D eigenvalue weighted by Gasteiger charge is 2.07. The summed E-state index contributed by atoms with van der Waals surface area (Å²) in [4.78, 5) is 11.0. The first-order chi connectivity index (χ1) is 8.04. The van der Waals surface area contributed by atoms with Crippen molar-refractivity contribution in [1.82, 2.24) is 0 Å². The monoisotopic (exact) mass is 253 g/mol. The Balaban J connectivity index is 2.69. The van der Waals surface area contributed by atoms with Crippen LogP contribution in [-0.2, 0) is 0 Å². The Morgan fingerprint density at radius 3 is 2.76 bits per heavy atom. The molecule has 0 fully saturated rings. The van der Waals surface area contributed by atoms with Gasteiger partial charge in [0.15, 0.2) is 0 Å². The van der Waals surface area contributed by atoms with Gasteiger partial charge in [0, 0.05) is 11.6 Å². The molecule has 0 aliphatic heterocycles. The van der Waals surface area contributed by atoms with Crippen LogP contribution in [0.1, 0.15) is 23.7 Å². The van der Waals surface area contributed by atoms with Crippen molar-refractivity contribution < 1.29 is 4.79 Å². The van der Waals surface area contributed by atoms with Gasteiger partial charge in [0.25, 0.3) is 0 Å². The Kier molecular flexibility index (Phi) is 5.15. The van der Waals surface area contributed by atoms with E-state index in [9.17, 15) is 4.79 Å². The molecule has 1 aromatic rings. The van der Waals surface area contributed by atoms with Crippen LogP contribution in [0.5, 0.6) is 0 Å². The standard InChI is InChI=1S/C12H19N3OS/c1-8(5-6-17-2)15-11-4-3-9(12(14)16)7-10(11)13/h3-4,7-8,15H,5-6,13H2,1-2H3,(H2,14,16). The van der Waals surface area contributed by atoms with Gasteiger partial charge in [0.1, 0.15) is 0 Å². The number of thioether (sulfide) groups is 1. The number of amides is 1. The van der Waals surface area contributed by atoms with Crippen LogP contribution in [0.3, 0.4) is 0 Å². The maximum absolute atomic E-state index is 11.0. The van der Waals surface area contributed by atoms with Crippen molar-refractivity contribution in [2.24, 2.45) is 5.73 Å². The van der Waals surface area contributed by atoms with Crippen molar-refractivity contribution in [3.8, 4) is 0 Å². The minimum Gasteiger partial charge on any atom is -0.397 e. The van der Waals surface area contributed by atoms with Crippen LogP contribution >= 0.6 is 11.8 Å². The predicted octanol–water partition coefficient (Wildman–Crippen LogP) is 1.92. The van der Waals surface area contributed by atoms with Gasteiger partial charge >= 0.3 is 0 Å². The van der Waals surface area contributed by atoms with Gasteiger partial charge in [-0.15, -0.1) is 0 Å². The number of primary amides is 1. The van der Waals surface area contributed by atoms with E-state index in [2.05, 4.69) is 18.5 Å². The van der Waals surface area contributed by atoms with E-state index in [1.807, 2.05) is 11.8 Å². The third-order valence-corrected chi connectivity index (χ3v) is 3.14. The number of anilines is 2. The molecule has 1 unspecified atom stereocenters. The molecule has 0 heterocycles. The highest BCUT2D eigenvalue weighted by molar-refractivity contribution is 7.98. The number of nitrogens with two attached hydrogens (primary N) is 2. The topological polar surface area (TPSA) is 81.1 Å². The van der Waals surface area contributed by atoms with E-state index in [1.165, 1.54) is 0 Å². The van der Waals surface area contributed by atoms with Gasteiger partial charge in [-0.25, -0.2) is 0 Å². The summed E-state index contributed by atoms with van der Waals surface area (Å²) in [7, 11) is 0. The Labute approximate surface area is 106 Å². The van der Waals surface area contributed by atoms with E-state index in [0.29, 0.717) is 17.3 Å². The van der Waals surface area contributed by atoms with E-state index >= 15 is 0 Å². The van der Waals surface area contributed by atoms with Crippen molar-refractivity contribution in [3.63, 3.8) is 0 Å². The highest BCUT2D eigenvalue weighted by Crippen LogP contribution is 2.21. The minimum atomic E-state index is -0.460. The number of carbonyl (C=O) groups excluding carboxylic acids is 1. The minimum absolute atomic E-state index is 0.351. The molecular formula is C12H19N3OS. The summed E-state index contributed by atoms with van der Waals surface area (Å²) in [6, 6.07) is 5.43. The van der Waals surface area contributed by atoms with E-state index < -0.39 is 5.91 Å². The number of nitrogens with one attached hydrogen (secondary N) is 1. The first-order valence-electron chi connectivity index (χ1n) is 5.49. The van der Waals surface area contributed by atoms with Gasteiger partial charge in [0.2, 0.25) is 5.91 Å². The van der Waals surface area contributed by atoms with Crippen LogP contribution in [0, 0.1) is 0 Å². The van der Waals surface area contributed by atoms with Gasteiger partial charge in [-0.3, -0.25) is 4.79 Å². The molecule has 1 rings (SSSR count). The Hall–Kier alpha value is -1.36. The second-order valence-corrected chi connectivity index (χ2v) is 4.98. The SMILES string of the molecule is CSCCC(C)Nc1ccc(C(N)=O)cc1N. The van der Waals surface area contributed by atoms with Crippen LogP contribution in [-0.4, -0.2) is 24.0 Å². The largest absolute Gasteiger partial charge is 0.397 e. The van der Waals surface area contributed by atoms with Crippen LogP contribution < -0.4 is 16.8 Å². The van der Waals surface area contributed by atoms with Crippen LogP contribution in [0.25, 0.3) is 0 Å². The third-order valence-electron chi connectivity index (χ3n) is 2.49. The predicted molar refractivity (Wildman–Crippen MR) is 75.5 cm³/mol. The highest BCUT2D eigenvalue weighted by atomic mass is 32.2. The average molecular weight is 253 g/mol. The molecule has 1 aromatic carbocycles. The maximum atomic E-state index is 11.0. The lowest BCUT2D eigenvalue weighted by molar-refractivity contribution is 0.100. The van der Waals surface area contributed by atoms with Gasteiger partial charge < -0.3 is 16.8 Å². The number of hydrogen-bond donors (Lipinski definition) is 3. The van der Waals surface area contributed by atoms with Crippen LogP contribution in [0.15, 0.2) is 18.2 Å². The second-order valence-electron chi connectivity index (χ2n) is 3.99. The average Bonchev–Trinajstić information content (AvgIpc) is 2.28. The molecular weight excluding hydrogens is 234 g/mol. The van der Waals surface area contributed by atoms with Gasteiger partial charge in [-0.05, 0) is 43.6 Å². The molecule has 0 saturated carbocycles. The van der Waals surface area contributed by atoms with Crippen molar-refractivity contribution in [2.45, 2.75) is 19.4 Å². The summed E-state index contributed by atoms with van der Waals surface area (Å²) in [6.07, 6.45) is 3.15. The molecule has 0 aromatic heterocycles. The van der Waals surface area contributed by atoms with E-state index in [1.54, 1.807) is 18.2 Å². The molecule has 0 saturated heterocycles. The summed E-state index contributed by atoms with van der Waals surface area (Å²) >= 11 is 1.82. The summed E-state index contributed by atoms with van der Waals surface area (Å²) < 4.78 is 0. The Bertz CT molecular complexity index is 395. The van der Waals surface area contributed by atoms with E-state index in [4.69, 9.17) is 11.5 Å². The van der Waals surface area contributed by atoms with Gasteiger partial charge in [-0.1, -0.05) is 0 Å². The third kappa shape index (κ3) is 4.19. The number of carbonyl (C=O) groups is 1. The molecule has 0 aliphatic rings. The van der Waals surface area contributed by atoms with Gasteiger partial charge in [0.05, 0.1) is 11.4 Å². The molecule has 1 amide bonds. The first kappa shape index (κ1) is 13.7. The quantitative estimate of drug-likeness (QED) is 0.677. The van der Waals surface area contributed by atoms with E-state index in [-0.39, 0.29) is 0 Å². The van der Waals surface area contributed by atoms with Crippen molar-refractivity contribution >= 4 is 29.0 Å². The summed E-state index contributed by atoms with van der Waals surface area (Å²) in [5, 5.41) is 3.32. The zero-order chi connectivity index (χ0) is 12.8. The molecule has 94 valence electrons. The zero-order valence-electron chi connectivity index (χ0n) is 10.2. The first-order valence-corrected chi connectivity index (χ1v) is 6.88. The number of nitrogen functional groups attached to an aromatic ring is 1. The lowest BCUT2D eigenvalue weighted by Gasteiger charge is -2.16. The normalized spacial score (nSPS) is 12.1. The van der Waals surface area contributed by atoms with Crippen molar-refractivity contribution in [1.29, 1.82) is 0 Å². The van der Waals surface area contributed by atoms with Crippen molar-refractivity contribution in [2.75, 3.05) is 23.1 Å². The van der Waals surface area contributed by atoms with Gasteiger partial charge in [-0.2, -0.15) is 11.8 Å². The molecule has 0 aliphatic carbocycles. The van der Waals surface area contributed by atoms with E-state index in [0.717, 1.165) is 17.9 Å². The zero-order valence-corrected chi connectivity index (χ0v) is 11.0. The maximum Gasteiger partial charge on any atom is 0.248 e.